The molecule has 0 saturated carbocycles. The molecular weight excluding hydrogens is 472 g/mol. The van der Waals surface area contributed by atoms with Crippen LogP contribution in [-0.4, -0.2) is 57.5 Å². The van der Waals surface area contributed by atoms with Gasteiger partial charge in [0.25, 0.3) is 11.8 Å². The fourth-order valence-corrected chi connectivity index (χ4v) is 3.08. The molecule has 36 heavy (non-hydrogen) atoms. The first kappa shape index (κ1) is 25.4. The number of aliphatic imine (C=N–C) groups is 1. The van der Waals surface area contributed by atoms with E-state index < -0.39 is 42.9 Å². The number of rotatable bonds is 8. The molecule has 1 saturated heterocycles. The van der Waals surface area contributed by atoms with Crippen molar-refractivity contribution >= 4 is 41.9 Å². The van der Waals surface area contributed by atoms with E-state index in [0.29, 0.717) is 21.1 Å². The number of urea groups is 1. The van der Waals surface area contributed by atoms with E-state index in [2.05, 4.69) is 10.3 Å². The van der Waals surface area contributed by atoms with Crippen LogP contribution in [0.15, 0.2) is 65.3 Å². The largest absolute Gasteiger partial charge is 0.481 e. The van der Waals surface area contributed by atoms with E-state index in [4.69, 9.17) is 21.3 Å². The minimum Gasteiger partial charge on any atom is -0.481 e. The number of nitrogens with two attached hydrogens (primary N) is 2. The van der Waals surface area contributed by atoms with Crippen molar-refractivity contribution in [3.63, 3.8) is 0 Å². The number of nitrogens with one attached hydrogen (secondary N) is 1. The fourth-order valence-electron chi connectivity index (χ4n) is 3.08. The van der Waals surface area contributed by atoms with Crippen LogP contribution in [0.1, 0.15) is 27.9 Å². The van der Waals surface area contributed by atoms with E-state index in [9.17, 15) is 24.0 Å². The fraction of sp³-hybridized carbons (Fsp3) is 0.130. The second-order valence-electron chi connectivity index (χ2n) is 7.38. The van der Waals surface area contributed by atoms with E-state index in [1.165, 1.54) is 30.3 Å². The number of carbonyl (C=O) groups is 5. The first-order valence-corrected chi connectivity index (χ1v) is 10.5. The number of carbonyl (C=O) groups excluding carboxylic acids is 4. The molecule has 186 valence electrons. The molecule has 0 radical (unpaired) electrons. The zero-order chi connectivity index (χ0) is 26.2. The van der Waals surface area contributed by atoms with Crippen molar-refractivity contribution in [3.8, 4) is 0 Å². The van der Waals surface area contributed by atoms with Crippen LogP contribution in [0.5, 0.6) is 0 Å². The Bertz CT molecular complexity index is 1240. The quantitative estimate of drug-likeness (QED) is 0.179. The van der Waals surface area contributed by atoms with Gasteiger partial charge in [0.1, 0.15) is 12.3 Å². The van der Waals surface area contributed by atoms with E-state index in [1.54, 1.807) is 30.3 Å². The van der Waals surface area contributed by atoms with Crippen molar-refractivity contribution in [2.45, 2.75) is 13.0 Å². The molecule has 0 aromatic heterocycles. The number of ether oxygens (including phenoxy) is 1. The molecule has 0 spiro atoms. The van der Waals surface area contributed by atoms with Gasteiger partial charge in [-0.05, 0) is 29.3 Å². The van der Waals surface area contributed by atoms with Crippen LogP contribution >= 0.6 is 0 Å². The Balaban J connectivity index is 1.78. The average molecular weight is 494 g/mol. The van der Waals surface area contributed by atoms with Gasteiger partial charge in [0.2, 0.25) is 0 Å². The standard InChI is InChI=1S/C23H22N6O7/c24-21(25)27-19(32)16-8-6-14(7-9-16)12-17-20(33)29(22(34)26-17)28(11-10-18(30)31)23(35)36-13-15-4-2-1-3-5-15/h1-9,12H,10-11,13H2,(H,26,34)(H,30,31)(H4,24,25,27,32). The number of aliphatic carboxylic acids is 1. The van der Waals surface area contributed by atoms with Gasteiger partial charge in [0.05, 0.1) is 13.0 Å². The van der Waals surface area contributed by atoms with Gasteiger partial charge in [-0.25, -0.2) is 14.6 Å². The number of carboxylic acids is 1. The molecule has 1 aliphatic heterocycles. The van der Waals surface area contributed by atoms with Gasteiger partial charge in [-0.3, -0.25) is 14.4 Å². The van der Waals surface area contributed by atoms with Crippen LogP contribution in [0, 0.1) is 0 Å². The van der Waals surface area contributed by atoms with Gasteiger partial charge < -0.3 is 26.6 Å². The van der Waals surface area contributed by atoms with E-state index in [0.717, 1.165) is 0 Å². The summed E-state index contributed by atoms with van der Waals surface area (Å²) in [5.41, 5.74) is 11.5. The Labute approximate surface area is 204 Å². The van der Waals surface area contributed by atoms with Gasteiger partial charge in [0.15, 0.2) is 5.96 Å². The van der Waals surface area contributed by atoms with Crippen LogP contribution in [-0.2, 0) is 20.9 Å². The van der Waals surface area contributed by atoms with Gasteiger partial charge in [-0.2, -0.15) is 10.0 Å². The molecule has 3 rings (SSSR count). The number of hydrogen-bond donors (Lipinski definition) is 4. The second kappa shape index (κ2) is 11.3. The highest BCUT2D eigenvalue weighted by atomic mass is 16.6. The SMILES string of the molecule is NC(N)=NC(=O)c1ccc(C=C2NC(=O)N(N(CCC(=O)O)C(=O)OCc3ccccc3)C2=O)cc1. The molecule has 5 amide bonds. The van der Waals surface area contributed by atoms with Crippen molar-refractivity contribution in [3.05, 3.63) is 77.0 Å². The number of amides is 5. The first-order chi connectivity index (χ1) is 17.2. The summed E-state index contributed by atoms with van der Waals surface area (Å²) in [6, 6.07) is 13.5. The highest BCUT2D eigenvalue weighted by Gasteiger charge is 2.41. The zero-order valence-electron chi connectivity index (χ0n) is 18.8. The summed E-state index contributed by atoms with van der Waals surface area (Å²) in [4.78, 5) is 64.6. The molecule has 0 atom stereocenters. The minimum absolute atomic E-state index is 0.152. The number of hydrazine groups is 1. The molecule has 0 unspecified atom stereocenters. The third kappa shape index (κ3) is 6.44. The molecule has 13 nitrogen and oxygen atoms in total. The highest BCUT2D eigenvalue weighted by molar-refractivity contribution is 6.14. The third-order valence-electron chi connectivity index (χ3n) is 4.75. The summed E-state index contributed by atoms with van der Waals surface area (Å²) in [6.45, 7) is -0.641. The first-order valence-electron chi connectivity index (χ1n) is 10.5. The van der Waals surface area contributed by atoms with Crippen LogP contribution in [0.3, 0.4) is 0 Å². The zero-order valence-corrected chi connectivity index (χ0v) is 18.8. The predicted molar refractivity (Wildman–Crippen MR) is 126 cm³/mol. The molecule has 13 heteroatoms. The lowest BCUT2D eigenvalue weighted by atomic mass is 10.1. The van der Waals surface area contributed by atoms with Crippen LogP contribution in [0.2, 0.25) is 0 Å². The lowest BCUT2D eigenvalue weighted by Crippen LogP contribution is -2.51. The molecule has 1 fully saturated rings. The normalized spacial score (nSPS) is 13.8. The molecule has 0 aliphatic carbocycles. The predicted octanol–water partition coefficient (Wildman–Crippen LogP) is 1.02. The topological polar surface area (TPSA) is 198 Å². The number of hydrogen-bond acceptors (Lipinski definition) is 6. The average Bonchev–Trinajstić information content (AvgIpc) is 3.11. The van der Waals surface area contributed by atoms with Crippen molar-refractivity contribution in [2.24, 2.45) is 16.5 Å². The highest BCUT2D eigenvalue weighted by Crippen LogP contribution is 2.18. The summed E-state index contributed by atoms with van der Waals surface area (Å²) in [6.07, 6.45) is -0.297. The van der Waals surface area contributed by atoms with E-state index in [1.807, 2.05) is 0 Å². The van der Waals surface area contributed by atoms with Crippen LogP contribution < -0.4 is 16.8 Å². The van der Waals surface area contributed by atoms with Gasteiger partial charge in [0, 0.05) is 5.56 Å². The van der Waals surface area contributed by atoms with E-state index in [-0.39, 0.29) is 23.8 Å². The molecule has 0 bridgehead atoms. The minimum atomic E-state index is -1.24. The summed E-state index contributed by atoms with van der Waals surface area (Å²) in [5.74, 6) is -3.19. The molecular formula is C23H22N6O7. The van der Waals surface area contributed by atoms with Gasteiger partial charge in [-0.1, -0.05) is 42.5 Å². The lowest BCUT2D eigenvalue weighted by Gasteiger charge is -2.27. The monoisotopic (exact) mass is 494 g/mol. The summed E-state index contributed by atoms with van der Waals surface area (Å²) in [7, 11) is 0. The maximum atomic E-state index is 13.0. The maximum absolute atomic E-state index is 13.0. The van der Waals surface area contributed by atoms with Gasteiger partial charge in [-0.15, -0.1) is 0 Å². The number of nitrogens with zero attached hydrogens (tertiary/aromatic N) is 3. The third-order valence-corrected chi connectivity index (χ3v) is 4.75. The van der Waals surface area contributed by atoms with Gasteiger partial charge >= 0.3 is 18.1 Å². The van der Waals surface area contributed by atoms with Crippen LogP contribution in [0.25, 0.3) is 6.08 Å². The number of benzene rings is 2. The molecule has 2 aromatic rings. The lowest BCUT2D eigenvalue weighted by molar-refractivity contribution is -0.140. The molecule has 1 aliphatic rings. The summed E-state index contributed by atoms with van der Waals surface area (Å²) < 4.78 is 5.19. The Morgan fingerprint density at radius 1 is 1.06 bits per heavy atom. The molecule has 1 heterocycles. The van der Waals surface area contributed by atoms with Crippen LogP contribution in [0.4, 0.5) is 9.59 Å². The Morgan fingerprint density at radius 2 is 1.72 bits per heavy atom. The Morgan fingerprint density at radius 3 is 2.33 bits per heavy atom. The summed E-state index contributed by atoms with van der Waals surface area (Å²) in [5, 5.41) is 12.5. The number of guanidine groups is 1. The number of imide groups is 1. The van der Waals surface area contributed by atoms with Crippen molar-refractivity contribution in [1.29, 1.82) is 0 Å². The Hall–Kier alpha value is -5.20. The number of carboxylic acid groups (broad SMARTS) is 1. The molecule has 2 aromatic carbocycles. The second-order valence-corrected chi connectivity index (χ2v) is 7.38. The van der Waals surface area contributed by atoms with Crippen molar-refractivity contribution in [2.75, 3.05) is 6.54 Å². The Kier molecular flexibility index (Phi) is 7.97. The van der Waals surface area contributed by atoms with E-state index >= 15 is 0 Å². The summed E-state index contributed by atoms with van der Waals surface area (Å²) >= 11 is 0. The van der Waals surface area contributed by atoms with Crippen molar-refractivity contribution < 1.29 is 33.8 Å². The van der Waals surface area contributed by atoms with Crippen molar-refractivity contribution in [1.82, 2.24) is 15.3 Å². The molecule has 6 N–H and O–H groups in total. The smallest absolute Gasteiger partial charge is 0.429 e. The maximum Gasteiger partial charge on any atom is 0.429 e.